The van der Waals surface area contributed by atoms with Crippen LogP contribution in [0.5, 0.6) is 0 Å². The van der Waals surface area contributed by atoms with Gasteiger partial charge in [0.05, 0.1) is 6.61 Å². The van der Waals surface area contributed by atoms with E-state index in [0.717, 1.165) is 73.1 Å². The van der Waals surface area contributed by atoms with Crippen molar-refractivity contribution in [2.24, 2.45) is 41.4 Å². The molecule has 0 spiro atoms. The standard InChI is InChI=1S/C29H53N3O/c1-2-27(10-9-24-17-21-5-7-23(24)16-21)31-29(28-19-22-6-8-25(28)18-22)26-4-3-13-32(20-26)14-11-30-12-15-33/h21-31,33H,2-20H2,1H3. The molecule has 1 aliphatic heterocycles. The van der Waals surface area contributed by atoms with Crippen LogP contribution in [-0.4, -0.2) is 61.4 Å². The van der Waals surface area contributed by atoms with Gasteiger partial charge in [0, 0.05) is 38.3 Å². The van der Waals surface area contributed by atoms with Crippen LogP contribution in [0.1, 0.15) is 90.4 Å². The highest BCUT2D eigenvalue weighted by Crippen LogP contribution is 2.52. The van der Waals surface area contributed by atoms with Gasteiger partial charge in [-0.2, -0.15) is 0 Å². The maximum absolute atomic E-state index is 9.06. The summed E-state index contributed by atoms with van der Waals surface area (Å²) in [6.45, 7) is 8.13. The number of hydrogen-bond donors (Lipinski definition) is 3. The van der Waals surface area contributed by atoms with Gasteiger partial charge >= 0.3 is 0 Å². The number of nitrogens with zero attached hydrogens (tertiary/aromatic N) is 1. The molecule has 5 rings (SSSR count). The fourth-order valence-corrected chi connectivity index (χ4v) is 9.19. The molecular formula is C29H53N3O. The number of rotatable bonds is 13. The minimum atomic E-state index is 0.250. The van der Waals surface area contributed by atoms with Crippen LogP contribution >= 0.6 is 0 Å². The maximum Gasteiger partial charge on any atom is 0.0555 e. The second kappa shape index (κ2) is 11.7. The number of aliphatic hydroxyl groups excluding tert-OH is 1. The Balaban J connectivity index is 1.18. The third-order valence-corrected chi connectivity index (χ3v) is 10.9. The van der Waals surface area contributed by atoms with Gasteiger partial charge in [-0.15, -0.1) is 0 Å². The highest BCUT2D eigenvalue weighted by Gasteiger charge is 2.46. The number of likely N-dealkylation sites (tertiary alicyclic amines) is 1. The van der Waals surface area contributed by atoms with Crippen molar-refractivity contribution in [1.82, 2.24) is 15.5 Å². The summed E-state index contributed by atoms with van der Waals surface area (Å²) in [5, 5.41) is 16.8. The summed E-state index contributed by atoms with van der Waals surface area (Å²) in [6, 6.07) is 1.48. The van der Waals surface area contributed by atoms with Gasteiger partial charge in [0.1, 0.15) is 0 Å². The van der Waals surface area contributed by atoms with E-state index in [1.807, 2.05) is 0 Å². The molecule has 0 aromatic rings. The molecule has 5 aliphatic rings. The molecule has 1 heterocycles. The van der Waals surface area contributed by atoms with Gasteiger partial charge in [-0.25, -0.2) is 0 Å². The van der Waals surface area contributed by atoms with E-state index in [9.17, 15) is 0 Å². The average molecular weight is 460 g/mol. The molecule has 5 fully saturated rings. The highest BCUT2D eigenvalue weighted by molar-refractivity contribution is 5.00. The van der Waals surface area contributed by atoms with Gasteiger partial charge in [0.15, 0.2) is 0 Å². The SMILES string of the molecule is CCC(CCC1CC2CCC1C2)NC(C1CCCN(CCNCCO)C1)C1CC2CCC1C2. The van der Waals surface area contributed by atoms with Crippen LogP contribution in [-0.2, 0) is 0 Å². The van der Waals surface area contributed by atoms with Crippen molar-refractivity contribution in [3.05, 3.63) is 0 Å². The molecule has 9 atom stereocenters. The summed E-state index contributed by atoms with van der Waals surface area (Å²) in [5.41, 5.74) is 0. The predicted molar refractivity (Wildman–Crippen MR) is 137 cm³/mol. The van der Waals surface area contributed by atoms with Crippen molar-refractivity contribution in [2.45, 2.75) is 102 Å². The normalized spacial score (nSPS) is 40.0. The van der Waals surface area contributed by atoms with E-state index in [1.165, 1.54) is 77.3 Å². The largest absolute Gasteiger partial charge is 0.395 e. The van der Waals surface area contributed by atoms with Gasteiger partial charge in [0.2, 0.25) is 0 Å². The zero-order valence-corrected chi connectivity index (χ0v) is 21.5. The quantitative estimate of drug-likeness (QED) is 0.350. The summed E-state index contributed by atoms with van der Waals surface area (Å²) in [7, 11) is 0. The molecule has 4 heteroatoms. The van der Waals surface area contributed by atoms with Crippen molar-refractivity contribution >= 4 is 0 Å². The molecule has 4 saturated carbocycles. The molecule has 4 bridgehead atoms. The highest BCUT2D eigenvalue weighted by atomic mass is 16.3. The van der Waals surface area contributed by atoms with Gasteiger partial charge in [-0.3, -0.25) is 0 Å². The maximum atomic E-state index is 9.06. The number of fused-ring (bicyclic) bond motifs is 4. The molecule has 4 nitrogen and oxygen atoms in total. The molecule has 0 radical (unpaired) electrons. The summed E-state index contributed by atoms with van der Waals surface area (Å²) in [6.07, 6.45) is 19.3. The first-order chi connectivity index (χ1) is 16.2. The molecule has 0 amide bonds. The molecule has 9 unspecified atom stereocenters. The van der Waals surface area contributed by atoms with Crippen LogP contribution < -0.4 is 10.6 Å². The molecular weight excluding hydrogens is 406 g/mol. The summed E-state index contributed by atoms with van der Waals surface area (Å²) >= 11 is 0. The van der Waals surface area contributed by atoms with E-state index in [1.54, 1.807) is 19.3 Å². The summed E-state index contributed by atoms with van der Waals surface area (Å²) < 4.78 is 0. The second-order valence-corrected chi connectivity index (χ2v) is 12.8. The van der Waals surface area contributed by atoms with E-state index in [0.29, 0.717) is 0 Å². The van der Waals surface area contributed by atoms with Crippen LogP contribution in [0.15, 0.2) is 0 Å². The smallest absolute Gasteiger partial charge is 0.0555 e. The number of nitrogens with one attached hydrogen (secondary N) is 2. The number of aliphatic hydroxyl groups is 1. The van der Waals surface area contributed by atoms with E-state index < -0.39 is 0 Å². The predicted octanol–water partition coefficient (Wildman–Crippen LogP) is 4.67. The van der Waals surface area contributed by atoms with E-state index >= 15 is 0 Å². The Kier molecular flexibility index (Phi) is 8.71. The molecule has 190 valence electrons. The topological polar surface area (TPSA) is 47.5 Å². The first-order valence-corrected chi connectivity index (χ1v) is 15.0. The Bertz CT molecular complexity index is 599. The number of hydrogen-bond acceptors (Lipinski definition) is 4. The second-order valence-electron chi connectivity index (χ2n) is 12.8. The van der Waals surface area contributed by atoms with Crippen LogP contribution in [0.3, 0.4) is 0 Å². The Hall–Kier alpha value is -0.160. The van der Waals surface area contributed by atoms with E-state index in [2.05, 4.69) is 22.5 Å². The average Bonchev–Trinajstić information content (AvgIpc) is 3.65. The summed E-state index contributed by atoms with van der Waals surface area (Å²) in [5.74, 6) is 7.06. The Morgan fingerprint density at radius 2 is 1.76 bits per heavy atom. The lowest BCUT2D eigenvalue weighted by molar-refractivity contribution is 0.0958. The molecule has 4 aliphatic carbocycles. The Morgan fingerprint density at radius 3 is 2.42 bits per heavy atom. The zero-order chi connectivity index (χ0) is 22.6. The third kappa shape index (κ3) is 5.98. The lowest BCUT2D eigenvalue weighted by Crippen LogP contribution is -2.53. The number of piperidine rings is 1. The fraction of sp³-hybridized carbons (Fsp3) is 1.00. The Labute approximate surface area is 204 Å². The monoisotopic (exact) mass is 459 g/mol. The third-order valence-electron chi connectivity index (χ3n) is 10.9. The fourth-order valence-electron chi connectivity index (χ4n) is 9.19. The minimum absolute atomic E-state index is 0.250. The van der Waals surface area contributed by atoms with Crippen molar-refractivity contribution in [2.75, 3.05) is 39.3 Å². The molecule has 33 heavy (non-hydrogen) atoms. The van der Waals surface area contributed by atoms with Crippen LogP contribution in [0.2, 0.25) is 0 Å². The lowest BCUT2D eigenvalue weighted by atomic mass is 9.75. The van der Waals surface area contributed by atoms with Gasteiger partial charge in [-0.1, -0.05) is 19.8 Å². The first kappa shape index (κ1) is 24.5. The molecule has 0 aromatic heterocycles. The lowest BCUT2D eigenvalue weighted by Gasteiger charge is -2.43. The summed E-state index contributed by atoms with van der Waals surface area (Å²) in [4.78, 5) is 2.72. The van der Waals surface area contributed by atoms with Crippen molar-refractivity contribution in [3.8, 4) is 0 Å². The van der Waals surface area contributed by atoms with E-state index in [-0.39, 0.29) is 6.61 Å². The van der Waals surface area contributed by atoms with Crippen LogP contribution in [0.4, 0.5) is 0 Å². The van der Waals surface area contributed by atoms with Crippen LogP contribution in [0.25, 0.3) is 0 Å². The molecule has 3 N–H and O–H groups in total. The zero-order valence-electron chi connectivity index (χ0n) is 21.5. The first-order valence-electron chi connectivity index (χ1n) is 15.0. The minimum Gasteiger partial charge on any atom is -0.395 e. The molecule has 1 saturated heterocycles. The van der Waals surface area contributed by atoms with Gasteiger partial charge < -0.3 is 20.6 Å². The van der Waals surface area contributed by atoms with Crippen molar-refractivity contribution in [3.63, 3.8) is 0 Å². The van der Waals surface area contributed by atoms with E-state index in [4.69, 9.17) is 5.11 Å². The Morgan fingerprint density at radius 1 is 0.939 bits per heavy atom. The molecule has 0 aromatic carbocycles. The van der Waals surface area contributed by atoms with Crippen molar-refractivity contribution in [1.29, 1.82) is 0 Å². The van der Waals surface area contributed by atoms with Gasteiger partial charge in [0.25, 0.3) is 0 Å². The van der Waals surface area contributed by atoms with Gasteiger partial charge in [-0.05, 0) is 119 Å². The van der Waals surface area contributed by atoms with Crippen molar-refractivity contribution < 1.29 is 5.11 Å². The van der Waals surface area contributed by atoms with Crippen LogP contribution in [0, 0.1) is 41.4 Å².